The van der Waals surface area contributed by atoms with Gasteiger partial charge in [-0.05, 0) is 54.1 Å². The van der Waals surface area contributed by atoms with Crippen molar-refractivity contribution in [1.29, 1.82) is 0 Å². The number of nitrogens with one attached hydrogen (secondary N) is 2. The summed E-state index contributed by atoms with van der Waals surface area (Å²) in [4.78, 5) is 86.3. The van der Waals surface area contributed by atoms with Crippen molar-refractivity contribution in [3.63, 3.8) is 0 Å². The predicted octanol–water partition coefficient (Wildman–Crippen LogP) is 1.13. The minimum atomic E-state index is -1.37. The van der Waals surface area contributed by atoms with E-state index in [1.54, 1.807) is 0 Å². The number of amides is 2. The molecule has 0 saturated carbocycles. The second kappa shape index (κ2) is 11.3. The number of aromatic nitrogens is 2. The number of aromatic hydroxyl groups is 1. The molecule has 13 nitrogen and oxygen atoms in total. The van der Waals surface area contributed by atoms with Crippen molar-refractivity contribution < 1.29 is 39.3 Å². The van der Waals surface area contributed by atoms with Crippen LogP contribution in [0.15, 0.2) is 88.0 Å². The summed E-state index contributed by atoms with van der Waals surface area (Å²) in [7, 11) is 0. The van der Waals surface area contributed by atoms with Crippen molar-refractivity contribution in [2.45, 2.75) is 5.92 Å². The Morgan fingerprint density at radius 1 is 0.805 bits per heavy atom. The van der Waals surface area contributed by atoms with Crippen LogP contribution in [0.1, 0.15) is 37.8 Å². The van der Waals surface area contributed by atoms with E-state index in [1.165, 1.54) is 66.8 Å². The predicted molar refractivity (Wildman–Crippen MR) is 142 cm³/mol. The molecule has 206 valence electrons. The molecule has 0 spiro atoms. The van der Waals surface area contributed by atoms with E-state index >= 15 is 0 Å². The van der Waals surface area contributed by atoms with E-state index in [1.807, 2.05) is 4.98 Å². The molecule has 0 bridgehead atoms. The number of carbonyl (C=O) groups is 5. The van der Waals surface area contributed by atoms with Gasteiger partial charge in [-0.3, -0.25) is 29.5 Å². The van der Waals surface area contributed by atoms with E-state index in [0.717, 1.165) is 16.7 Å². The SMILES string of the molecule is O=C1NC(=O)C(c2ccc(C(=O)O)cc2)C(=O)C1=CC=CC=Cc1c(O)n(-c2ccc(C(=O)O)cc2)c(=O)[nH]c1=O. The Hall–Kier alpha value is -6.11. The van der Waals surface area contributed by atoms with Crippen LogP contribution in [0.5, 0.6) is 5.88 Å². The van der Waals surface area contributed by atoms with Crippen molar-refractivity contribution in [2.75, 3.05) is 0 Å². The fraction of sp³-hybridized carbons (Fsp3) is 0.0357. The molecule has 1 fully saturated rings. The number of nitrogens with zero attached hydrogens (tertiary/aromatic N) is 1. The zero-order valence-corrected chi connectivity index (χ0v) is 20.7. The van der Waals surface area contributed by atoms with Gasteiger partial charge in [0.15, 0.2) is 5.78 Å². The largest absolute Gasteiger partial charge is 0.494 e. The van der Waals surface area contributed by atoms with Gasteiger partial charge in [0.2, 0.25) is 11.8 Å². The third-order valence-corrected chi connectivity index (χ3v) is 6.00. The highest BCUT2D eigenvalue weighted by atomic mass is 16.4. The smallest absolute Gasteiger partial charge is 0.335 e. The highest BCUT2D eigenvalue weighted by Crippen LogP contribution is 2.25. The number of ketones is 1. The highest BCUT2D eigenvalue weighted by molar-refractivity contribution is 6.34. The lowest BCUT2D eigenvalue weighted by Crippen LogP contribution is -2.46. The minimum absolute atomic E-state index is 0.0460. The normalized spacial score (nSPS) is 16.4. The molecule has 2 heterocycles. The number of piperidine rings is 1. The molecule has 2 aromatic carbocycles. The Morgan fingerprint density at radius 3 is 1.98 bits per heavy atom. The summed E-state index contributed by atoms with van der Waals surface area (Å²) in [6, 6.07) is 10.0. The Balaban J connectivity index is 1.58. The fourth-order valence-corrected chi connectivity index (χ4v) is 3.97. The zero-order chi connectivity index (χ0) is 29.8. The summed E-state index contributed by atoms with van der Waals surface area (Å²) in [5, 5.41) is 30.8. The number of carboxylic acids is 2. The standard InChI is InChI=1S/C28H19N3O10/c32-21-18(22(33)29-24(35)20(21)14-6-8-15(9-7-14)26(37)38)4-2-1-3-5-19-23(34)30-28(41)31(25(19)36)17-12-10-16(11-13-17)27(39)40/h1-13,20,36H,(H,37,38)(H,39,40)(H,29,33,35)(H,30,34,41). The second-order valence-corrected chi connectivity index (χ2v) is 8.55. The molecule has 5 N–H and O–H groups in total. The summed E-state index contributed by atoms with van der Waals surface area (Å²) >= 11 is 0. The first-order chi connectivity index (χ1) is 19.5. The fourth-order valence-electron chi connectivity index (χ4n) is 3.97. The van der Waals surface area contributed by atoms with Gasteiger partial charge in [-0.2, -0.15) is 0 Å². The maximum Gasteiger partial charge on any atom is 0.335 e. The highest BCUT2D eigenvalue weighted by Gasteiger charge is 2.39. The topological polar surface area (TPSA) is 213 Å². The summed E-state index contributed by atoms with van der Waals surface area (Å²) < 4.78 is 0.767. The quantitative estimate of drug-likeness (QED) is 0.0918. The minimum Gasteiger partial charge on any atom is -0.494 e. The molecular formula is C28H19N3O10. The molecule has 4 rings (SSSR count). The third-order valence-electron chi connectivity index (χ3n) is 6.00. The molecule has 1 aromatic heterocycles. The van der Waals surface area contributed by atoms with Gasteiger partial charge >= 0.3 is 17.6 Å². The number of aromatic amines is 1. The maximum atomic E-state index is 12.9. The van der Waals surface area contributed by atoms with Crippen molar-refractivity contribution in [1.82, 2.24) is 14.9 Å². The first-order valence-electron chi connectivity index (χ1n) is 11.7. The molecule has 1 saturated heterocycles. The number of carbonyl (C=O) groups excluding carboxylic acids is 3. The summed E-state index contributed by atoms with van der Waals surface area (Å²) in [5.41, 5.74) is -2.35. The molecule has 2 amide bonds. The van der Waals surface area contributed by atoms with Crippen LogP contribution in [-0.2, 0) is 14.4 Å². The van der Waals surface area contributed by atoms with Crippen LogP contribution in [0, 0.1) is 0 Å². The van der Waals surface area contributed by atoms with Crippen LogP contribution in [0.25, 0.3) is 11.8 Å². The Morgan fingerprint density at radius 2 is 1.39 bits per heavy atom. The molecule has 41 heavy (non-hydrogen) atoms. The molecule has 1 aliphatic rings. The summed E-state index contributed by atoms with van der Waals surface area (Å²) in [6.45, 7) is 0. The number of hydrogen-bond acceptors (Lipinski definition) is 8. The molecular weight excluding hydrogens is 538 g/mol. The second-order valence-electron chi connectivity index (χ2n) is 8.55. The molecule has 1 unspecified atom stereocenters. The summed E-state index contributed by atoms with van der Waals surface area (Å²) in [6.07, 6.45) is 6.17. The Bertz CT molecular complexity index is 1810. The number of rotatable bonds is 7. The van der Waals surface area contributed by atoms with Crippen LogP contribution in [0.2, 0.25) is 0 Å². The first kappa shape index (κ1) is 27.9. The van der Waals surface area contributed by atoms with Crippen LogP contribution in [0.3, 0.4) is 0 Å². The van der Waals surface area contributed by atoms with Crippen molar-refractivity contribution >= 4 is 35.6 Å². The number of H-pyrrole nitrogens is 1. The number of hydrogen-bond donors (Lipinski definition) is 5. The average molecular weight is 557 g/mol. The summed E-state index contributed by atoms with van der Waals surface area (Å²) in [5.74, 6) is -7.05. The van der Waals surface area contributed by atoms with Gasteiger partial charge in [0.25, 0.3) is 11.5 Å². The lowest BCUT2D eigenvalue weighted by atomic mass is 9.86. The van der Waals surface area contributed by atoms with Gasteiger partial charge in [0, 0.05) is 0 Å². The molecule has 1 atom stereocenters. The van der Waals surface area contributed by atoms with Crippen molar-refractivity contribution in [3.05, 3.63) is 122 Å². The van der Waals surface area contributed by atoms with E-state index in [9.17, 15) is 38.7 Å². The number of imide groups is 1. The lowest BCUT2D eigenvalue weighted by Gasteiger charge is -2.22. The van der Waals surface area contributed by atoms with Crippen LogP contribution < -0.4 is 16.6 Å². The van der Waals surface area contributed by atoms with Gasteiger partial charge < -0.3 is 15.3 Å². The molecule has 13 heteroatoms. The van der Waals surface area contributed by atoms with Crippen LogP contribution in [-0.4, -0.2) is 54.4 Å². The van der Waals surface area contributed by atoms with Gasteiger partial charge in [-0.1, -0.05) is 30.4 Å². The van der Waals surface area contributed by atoms with E-state index in [4.69, 9.17) is 10.2 Å². The first-order valence-corrected chi connectivity index (χ1v) is 11.7. The van der Waals surface area contributed by atoms with Gasteiger partial charge in [0.05, 0.1) is 22.4 Å². The van der Waals surface area contributed by atoms with Gasteiger partial charge in [0.1, 0.15) is 11.5 Å². The third kappa shape index (κ3) is 5.68. The van der Waals surface area contributed by atoms with Crippen LogP contribution in [0.4, 0.5) is 0 Å². The van der Waals surface area contributed by atoms with Crippen molar-refractivity contribution in [2.24, 2.45) is 0 Å². The number of aromatic carboxylic acids is 2. The maximum absolute atomic E-state index is 12.9. The molecule has 0 aliphatic carbocycles. The van der Waals surface area contributed by atoms with Gasteiger partial charge in [-0.15, -0.1) is 0 Å². The molecule has 3 aromatic rings. The van der Waals surface area contributed by atoms with E-state index in [-0.39, 0.29) is 33.5 Å². The van der Waals surface area contributed by atoms with E-state index in [2.05, 4.69) is 5.32 Å². The van der Waals surface area contributed by atoms with Crippen molar-refractivity contribution in [3.8, 4) is 11.6 Å². The number of benzene rings is 2. The Kier molecular flexibility index (Phi) is 7.71. The van der Waals surface area contributed by atoms with Crippen LogP contribution >= 0.6 is 0 Å². The average Bonchev–Trinajstić information content (AvgIpc) is 2.92. The number of allylic oxidation sites excluding steroid dienone is 4. The van der Waals surface area contributed by atoms with E-state index < -0.39 is 52.6 Å². The zero-order valence-electron chi connectivity index (χ0n) is 20.7. The lowest BCUT2D eigenvalue weighted by molar-refractivity contribution is -0.136. The number of carboxylic acid groups (broad SMARTS) is 2. The Labute approximate surface area is 229 Å². The number of Topliss-reactive ketones (excluding diaryl/α,β-unsaturated/α-hetero) is 1. The monoisotopic (exact) mass is 557 g/mol. The molecule has 0 radical (unpaired) electrons. The molecule has 1 aliphatic heterocycles. The van der Waals surface area contributed by atoms with Gasteiger partial charge in [-0.25, -0.2) is 19.0 Å². The van der Waals surface area contributed by atoms with E-state index in [0.29, 0.717) is 0 Å².